The van der Waals surface area contributed by atoms with Gasteiger partial charge in [-0.25, -0.2) is 4.39 Å². The van der Waals surface area contributed by atoms with Gasteiger partial charge in [0.05, 0.1) is 18.2 Å². The van der Waals surface area contributed by atoms with Crippen LogP contribution in [0.3, 0.4) is 0 Å². The Bertz CT molecular complexity index is 1080. The number of fused-ring (bicyclic) bond motifs is 2. The molecule has 1 heterocycles. The summed E-state index contributed by atoms with van der Waals surface area (Å²) in [6, 6.07) is 13.2. The number of aliphatic carboxylic acids is 1. The van der Waals surface area contributed by atoms with Crippen LogP contribution in [0.2, 0.25) is 0 Å². The lowest BCUT2D eigenvalue weighted by Gasteiger charge is -2.48. The molecule has 2 saturated carbocycles. The highest BCUT2D eigenvalue weighted by molar-refractivity contribution is 6.07. The first kappa shape index (κ1) is 21.6. The highest BCUT2D eigenvalue weighted by atomic mass is 19.1. The third-order valence-corrected chi connectivity index (χ3v) is 7.16. The number of hydrogen-bond acceptors (Lipinski definition) is 3. The van der Waals surface area contributed by atoms with E-state index in [2.05, 4.69) is 0 Å². The number of rotatable bonds is 6. The van der Waals surface area contributed by atoms with Crippen LogP contribution in [0.4, 0.5) is 10.1 Å². The van der Waals surface area contributed by atoms with Gasteiger partial charge in [0, 0.05) is 30.0 Å². The lowest BCUT2D eigenvalue weighted by Crippen LogP contribution is -2.53. The molecule has 2 aromatic rings. The summed E-state index contributed by atoms with van der Waals surface area (Å²) in [7, 11) is 0. The Morgan fingerprint density at radius 3 is 2.45 bits per heavy atom. The van der Waals surface area contributed by atoms with Crippen molar-refractivity contribution in [3.63, 3.8) is 0 Å². The molecule has 2 aliphatic carbocycles. The molecule has 33 heavy (non-hydrogen) atoms. The lowest BCUT2D eigenvalue weighted by atomic mass is 9.81. The molecule has 0 spiro atoms. The van der Waals surface area contributed by atoms with Crippen molar-refractivity contribution in [3.05, 3.63) is 65.5 Å². The summed E-state index contributed by atoms with van der Waals surface area (Å²) in [5, 5.41) is 9.09. The number of benzene rings is 2. The summed E-state index contributed by atoms with van der Waals surface area (Å²) < 4.78 is 14.5. The molecule has 5 rings (SSSR count). The van der Waals surface area contributed by atoms with Crippen LogP contribution >= 0.6 is 0 Å². The minimum absolute atomic E-state index is 0.0324. The fourth-order valence-electron chi connectivity index (χ4n) is 5.66. The van der Waals surface area contributed by atoms with Crippen LogP contribution in [0.5, 0.6) is 0 Å². The van der Waals surface area contributed by atoms with Crippen LogP contribution in [0.15, 0.2) is 48.5 Å². The molecule has 7 heteroatoms. The standard InChI is InChI=1S/C26H27FN2O4/c27-17-9-12-20-22(15-17)29(26(33)16-5-2-1-3-6-16)21-8-4-7-19(21)25(20)28(18-10-11-18)23(30)13-14-24(31)32/h1-3,5-6,9,12,15,18-19,21,25H,4,7-8,10-11,13-14H2,(H,31,32)/t19-,21+,25+/m0/s1. The van der Waals surface area contributed by atoms with Crippen molar-refractivity contribution in [2.75, 3.05) is 4.90 Å². The summed E-state index contributed by atoms with van der Waals surface area (Å²) in [5.41, 5.74) is 1.85. The van der Waals surface area contributed by atoms with E-state index in [1.54, 1.807) is 23.1 Å². The molecule has 3 atom stereocenters. The van der Waals surface area contributed by atoms with Gasteiger partial charge in [0.25, 0.3) is 5.91 Å². The summed E-state index contributed by atoms with van der Waals surface area (Å²) in [6.45, 7) is 0. The number of carboxylic acids is 1. The fraction of sp³-hybridized carbons (Fsp3) is 0.423. The van der Waals surface area contributed by atoms with Gasteiger partial charge >= 0.3 is 5.97 Å². The zero-order valence-electron chi connectivity index (χ0n) is 18.3. The molecule has 0 bridgehead atoms. The number of carboxylic acid groups (broad SMARTS) is 1. The molecule has 2 fully saturated rings. The smallest absolute Gasteiger partial charge is 0.303 e. The Morgan fingerprint density at radius 2 is 1.76 bits per heavy atom. The molecule has 1 aliphatic heterocycles. The van der Waals surface area contributed by atoms with Crippen molar-refractivity contribution in [1.82, 2.24) is 4.90 Å². The summed E-state index contributed by atoms with van der Waals surface area (Å²) >= 11 is 0. The third-order valence-electron chi connectivity index (χ3n) is 7.16. The predicted molar refractivity (Wildman–Crippen MR) is 120 cm³/mol. The van der Waals surface area contributed by atoms with Gasteiger partial charge < -0.3 is 14.9 Å². The molecule has 0 aromatic heterocycles. The maximum absolute atomic E-state index is 14.5. The highest BCUT2D eigenvalue weighted by Gasteiger charge is 2.51. The average molecular weight is 451 g/mol. The van der Waals surface area contributed by atoms with E-state index in [9.17, 15) is 18.8 Å². The Hall–Kier alpha value is -3.22. The highest BCUT2D eigenvalue weighted by Crippen LogP contribution is 2.53. The number of halogens is 1. The van der Waals surface area contributed by atoms with Crippen molar-refractivity contribution in [3.8, 4) is 0 Å². The molecule has 2 amide bonds. The van der Waals surface area contributed by atoms with Gasteiger partial charge in [0.1, 0.15) is 5.82 Å². The van der Waals surface area contributed by atoms with Gasteiger partial charge in [0.15, 0.2) is 0 Å². The monoisotopic (exact) mass is 450 g/mol. The van der Waals surface area contributed by atoms with E-state index in [4.69, 9.17) is 5.11 Å². The Morgan fingerprint density at radius 1 is 1.00 bits per heavy atom. The summed E-state index contributed by atoms with van der Waals surface area (Å²) in [5.74, 6) is -1.72. The molecular weight excluding hydrogens is 423 g/mol. The zero-order chi connectivity index (χ0) is 23.1. The largest absolute Gasteiger partial charge is 0.481 e. The van der Waals surface area contributed by atoms with Crippen molar-refractivity contribution < 1.29 is 23.9 Å². The Kier molecular flexibility index (Phi) is 5.64. The van der Waals surface area contributed by atoms with E-state index in [1.807, 2.05) is 23.1 Å². The van der Waals surface area contributed by atoms with E-state index in [-0.39, 0.29) is 48.7 Å². The van der Waals surface area contributed by atoms with Gasteiger partial charge in [-0.15, -0.1) is 0 Å². The van der Waals surface area contributed by atoms with Crippen LogP contribution in [0.1, 0.15) is 66.9 Å². The van der Waals surface area contributed by atoms with Crippen molar-refractivity contribution >= 4 is 23.5 Å². The molecule has 2 aromatic carbocycles. The number of anilines is 1. The zero-order valence-corrected chi connectivity index (χ0v) is 18.3. The number of carbonyl (C=O) groups is 3. The van der Waals surface area contributed by atoms with E-state index < -0.39 is 11.8 Å². The van der Waals surface area contributed by atoms with Gasteiger partial charge in [-0.1, -0.05) is 30.7 Å². The van der Waals surface area contributed by atoms with Crippen molar-refractivity contribution in [2.45, 2.75) is 63.1 Å². The molecule has 3 aliphatic rings. The van der Waals surface area contributed by atoms with E-state index >= 15 is 0 Å². The maximum Gasteiger partial charge on any atom is 0.303 e. The van der Waals surface area contributed by atoms with E-state index in [0.29, 0.717) is 11.3 Å². The van der Waals surface area contributed by atoms with Gasteiger partial charge in [-0.05, 0) is 55.5 Å². The Balaban J connectivity index is 1.59. The minimum atomic E-state index is -0.997. The first-order valence-corrected chi connectivity index (χ1v) is 11.7. The number of hydrogen-bond donors (Lipinski definition) is 1. The van der Waals surface area contributed by atoms with E-state index in [0.717, 1.165) is 37.7 Å². The molecule has 0 saturated heterocycles. The third kappa shape index (κ3) is 4.01. The van der Waals surface area contributed by atoms with Gasteiger partial charge in [-0.3, -0.25) is 14.4 Å². The Labute approximate surface area is 192 Å². The van der Waals surface area contributed by atoms with Gasteiger partial charge in [-0.2, -0.15) is 0 Å². The maximum atomic E-state index is 14.5. The molecule has 172 valence electrons. The lowest BCUT2D eigenvalue weighted by molar-refractivity contribution is -0.142. The van der Waals surface area contributed by atoms with Gasteiger partial charge in [0.2, 0.25) is 5.91 Å². The topological polar surface area (TPSA) is 77.9 Å². The number of amides is 2. The summed E-state index contributed by atoms with van der Waals surface area (Å²) in [4.78, 5) is 41.6. The second-order valence-corrected chi connectivity index (χ2v) is 9.28. The quantitative estimate of drug-likeness (QED) is 0.700. The molecular formula is C26H27FN2O4. The van der Waals surface area contributed by atoms with Crippen molar-refractivity contribution in [1.29, 1.82) is 0 Å². The van der Waals surface area contributed by atoms with Crippen LogP contribution in [0, 0.1) is 11.7 Å². The average Bonchev–Trinajstić information content (AvgIpc) is 3.53. The molecule has 0 radical (unpaired) electrons. The predicted octanol–water partition coefficient (Wildman–Crippen LogP) is 4.55. The van der Waals surface area contributed by atoms with Crippen LogP contribution in [0.25, 0.3) is 0 Å². The van der Waals surface area contributed by atoms with Crippen LogP contribution in [-0.4, -0.2) is 39.9 Å². The number of carbonyl (C=O) groups excluding carboxylic acids is 2. The van der Waals surface area contributed by atoms with Crippen LogP contribution in [-0.2, 0) is 9.59 Å². The second kappa shape index (κ2) is 8.61. The van der Waals surface area contributed by atoms with E-state index in [1.165, 1.54) is 12.1 Å². The fourth-order valence-corrected chi connectivity index (χ4v) is 5.66. The first-order chi connectivity index (χ1) is 16.0. The minimum Gasteiger partial charge on any atom is -0.481 e. The first-order valence-electron chi connectivity index (χ1n) is 11.7. The number of nitrogens with zero attached hydrogens (tertiary/aromatic N) is 2. The second-order valence-electron chi connectivity index (χ2n) is 9.28. The molecule has 6 nitrogen and oxygen atoms in total. The normalized spacial score (nSPS) is 23.5. The molecule has 0 unspecified atom stereocenters. The SMILES string of the molecule is O=C(O)CCC(=O)N(C1CC1)[C@H]1c2ccc(F)cc2N(C(=O)c2ccccc2)[C@@H]2CCC[C@@H]21. The summed E-state index contributed by atoms with van der Waals surface area (Å²) in [6.07, 6.45) is 4.08. The van der Waals surface area contributed by atoms with Crippen molar-refractivity contribution in [2.24, 2.45) is 5.92 Å². The van der Waals surface area contributed by atoms with Crippen LogP contribution < -0.4 is 4.90 Å². The molecule has 1 N–H and O–H groups in total.